The molecule has 1 aromatic heterocycles. The maximum Gasteiger partial charge on any atom is 0.322 e. The number of fused-ring (bicyclic) bond motifs is 1. The molecule has 0 spiro atoms. The van der Waals surface area contributed by atoms with E-state index in [1.807, 2.05) is 6.26 Å². The largest absolute Gasteiger partial charge is 0.468 e. The summed E-state index contributed by atoms with van der Waals surface area (Å²) in [5.41, 5.74) is 1.69. The second-order valence-electron chi connectivity index (χ2n) is 5.81. The van der Waals surface area contributed by atoms with Crippen LogP contribution in [0.2, 0.25) is 0 Å². The van der Waals surface area contributed by atoms with Crippen molar-refractivity contribution >= 4 is 40.0 Å². The highest BCUT2D eigenvalue weighted by atomic mass is 32.2. The van der Waals surface area contributed by atoms with Gasteiger partial charge < -0.3 is 10.1 Å². The van der Waals surface area contributed by atoms with Crippen molar-refractivity contribution in [3.8, 4) is 6.07 Å². The normalized spacial score (nSPS) is 14.3. The number of nitrogens with zero attached hydrogens (tertiary/aromatic N) is 1. The Kier molecular flexibility index (Phi) is 7.75. The van der Waals surface area contributed by atoms with E-state index >= 15 is 0 Å². The van der Waals surface area contributed by atoms with Crippen molar-refractivity contribution in [2.75, 3.05) is 31.0 Å². The van der Waals surface area contributed by atoms with Crippen LogP contribution < -0.4 is 10.6 Å². The number of carbonyl (C=O) groups excluding carboxylic acids is 2. The van der Waals surface area contributed by atoms with Crippen LogP contribution in [0, 0.1) is 11.3 Å². The van der Waals surface area contributed by atoms with Gasteiger partial charge >= 0.3 is 5.97 Å². The summed E-state index contributed by atoms with van der Waals surface area (Å²) in [5.74, 6) is 0.171. The number of thiophene rings is 1. The molecule has 0 aromatic carbocycles. The molecule has 1 heterocycles. The first-order valence-corrected chi connectivity index (χ1v) is 10.5. The summed E-state index contributed by atoms with van der Waals surface area (Å²) in [5, 5.41) is 15.8. The molecule has 1 aromatic rings. The maximum absolute atomic E-state index is 12.2. The van der Waals surface area contributed by atoms with Crippen molar-refractivity contribution in [2.45, 2.75) is 38.1 Å². The first-order valence-electron chi connectivity index (χ1n) is 8.25. The van der Waals surface area contributed by atoms with Crippen LogP contribution in [0.5, 0.6) is 0 Å². The third-order valence-corrected chi connectivity index (χ3v) is 5.99. The standard InChI is InChI=1S/C17H23N3O3S2/c1-23-17(22)13(7-8-24-2)19-10-15(21)20-16-12(9-18)11-5-3-4-6-14(11)25-16/h13,19H,3-8,10H2,1-2H3,(H,20,21)/t13-/m0/s1. The number of ether oxygens (including phenoxy) is 1. The lowest BCUT2D eigenvalue weighted by Crippen LogP contribution is -2.42. The predicted octanol–water partition coefficient (Wildman–Crippen LogP) is 2.32. The number of amides is 1. The third kappa shape index (κ3) is 5.21. The zero-order valence-corrected chi connectivity index (χ0v) is 16.1. The molecule has 2 N–H and O–H groups in total. The Balaban J connectivity index is 1.97. The maximum atomic E-state index is 12.2. The minimum atomic E-state index is -0.504. The van der Waals surface area contributed by atoms with Crippen LogP contribution in [0.1, 0.15) is 35.3 Å². The molecule has 136 valence electrons. The molecule has 1 amide bonds. The van der Waals surface area contributed by atoms with Crippen LogP contribution in [0.3, 0.4) is 0 Å². The number of hydrogen-bond acceptors (Lipinski definition) is 7. The Bertz CT molecular complexity index is 667. The predicted molar refractivity (Wildman–Crippen MR) is 101 cm³/mol. The van der Waals surface area contributed by atoms with E-state index in [0.29, 0.717) is 17.0 Å². The first-order chi connectivity index (χ1) is 12.1. The molecule has 0 fully saturated rings. The molecule has 6 nitrogen and oxygen atoms in total. The molecule has 0 saturated carbocycles. The summed E-state index contributed by atoms with van der Waals surface area (Å²) in [6.07, 6.45) is 6.65. The van der Waals surface area contributed by atoms with E-state index in [9.17, 15) is 14.9 Å². The van der Waals surface area contributed by atoms with Gasteiger partial charge in [0.1, 0.15) is 17.1 Å². The van der Waals surface area contributed by atoms with Crippen molar-refractivity contribution in [2.24, 2.45) is 0 Å². The van der Waals surface area contributed by atoms with Crippen LogP contribution in [-0.4, -0.2) is 43.6 Å². The number of aryl methyl sites for hydroxylation is 1. The van der Waals surface area contributed by atoms with E-state index in [4.69, 9.17) is 4.74 Å². The molecule has 0 unspecified atom stereocenters. The molecule has 2 rings (SSSR count). The number of esters is 1. The Labute approximate surface area is 156 Å². The number of anilines is 1. The van der Waals surface area contributed by atoms with E-state index in [-0.39, 0.29) is 18.4 Å². The number of rotatable bonds is 8. The quantitative estimate of drug-likeness (QED) is 0.672. The minimum Gasteiger partial charge on any atom is -0.468 e. The smallest absolute Gasteiger partial charge is 0.322 e. The highest BCUT2D eigenvalue weighted by Crippen LogP contribution is 2.37. The lowest BCUT2D eigenvalue weighted by molar-refractivity contribution is -0.143. The SMILES string of the molecule is COC(=O)[C@H](CCSC)NCC(=O)Nc1sc2c(c1C#N)CCCC2. The van der Waals surface area contributed by atoms with Gasteiger partial charge in [-0.25, -0.2) is 0 Å². The monoisotopic (exact) mass is 381 g/mol. The summed E-state index contributed by atoms with van der Waals surface area (Å²) in [6, 6.07) is 1.72. The number of nitrogens with one attached hydrogen (secondary N) is 2. The topological polar surface area (TPSA) is 91.2 Å². The van der Waals surface area contributed by atoms with Crippen molar-refractivity contribution in [3.63, 3.8) is 0 Å². The Morgan fingerprint density at radius 1 is 1.40 bits per heavy atom. The number of methoxy groups -OCH3 is 1. The Morgan fingerprint density at radius 2 is 2.16 bits per heavy atom. The van der Waals surface area contributed by atoms with Gasteiger partial charge in [0.05, 0.1) is 19.2 Å². The molecule has 8 heteroatoms. The zero-order chi connectivity index (χ0) is 18.2. The van der Waals surface area contributed by atoms with E-state index in [1.54, 1.807) is 11.8 Å². The Morgan fingerprint density at radius 3 is 2.84 bits per heavy atom. The molecular formula is C17H23N3O3S2. The van der Waals surface area contributed by atoms with Crippen LogP contribution in [-0.2, 0) is 27.2 Å². The number of thioether (sulfide) groups is 1. The molecule has 0 saturated heterocycles. The van der Waals surface area contributed by atoms with Gasteiger partial charge in [-0.2, -0.15) is 17.0 Å². The van der Waals surface area contributed by atoms with Gasteiger partial charge in [-0.3, -0.25) is 14.9 Å². The lowest BCUT2D eigenvalue weighted by Gasteiger charge is -2.15. The summed E-state index contributed by atoms with van der Waals surface area (Å²) < 4.78 is 4.77. The molecular weight excluding hydrogens is 358 g/mol. The van der Waals surface area contributed by atoms with E-state index in [2.05, 4.69) is 16.7 Å². The minimum absolute atomic E-state index is 0.00157. The van der Waals surface area contributed by atoms with Gasteiger partial charge in [0.2, 0.25) is 5.91 Å². The van der Waals surface area contributed by atoms with Gasteiger partial charge in [0.15, 0.2) is 0 Å². The summed E-state index contributed by atoms with van der Waals surface area (Å²) in [6.45, 7) is 0.00157. The van der Waals surface area contributed by atoms with Gasteiger partial charge in [0, 0.05) is 4.88 Å². The van der Waals surface area contributed by atoms with E-state index in [1.165, 1.54) is 23.3 Å². The van der Waals surface area contributed by atoms with E-state index < -0.39 is 6.04 Å². The molecule has 0 radical (unpaired) electrons. The fraction of sp³-hybridized carbons (Fsp3) is 0.588. The highest BCUT2D eigenvalue weighted by molar-refractivity contribution is 7.98. The van der Waals surface area contributed by atoms with Gasteiger partial charge in [0.25, 0.3) is 0 Å². The van der Waals surface area contributed by atoms with Gasteiger partial charge in [-0.05, 0) is 49.7 Å². The summed E-state index contributed by atoms with van der Waals surface area (Å²) >= 11 is 3.13. The fourth-order valence-electron chi connectivity index (χ4n) is 2.84. The van der Waals surface area contributed by atoms with E-state index in [0.717, 1.165) is 37.0 Å². The summed E-state index contributed by atoms with van der Waals surface area (Å²) in [7, 11) is 1.34. The second kappa shape index (κ2) is 9.80. The molecule has 0 bridgehead atoms. The fourth-order valence-corrected chi connectivity index (χ4v) is 4.57. The molecule has 1 aliphatic carbocycles. The number of nitriles is 1. The first kappa shape index (κ1) is 19.8. The van der Waals surface area contributed by atoms with Crippen LogP contribution in [0.4, 0.5) is 5.00 Å². The average molecular weight is 382 g/mol. The number of hydrogen-bond donors (Lipinski definition) is 2. The van der Waals surface area contributed by atoms with Crippen LogP contribution in [0.15, 0.2) is 0 Å². The van der Waals surface area contributed by atoms with Crippen LogP contribution >= 0.6 is 23.1 Å². The number of carbonyl (C=O) groups is 2. The third-order valence-electron chi connectivity index (χ3n) is 4.14. The molecule has 0 aliphatic heterocycles. The molecule has 25 heavy (non-hydrogen) atoms. The molecule has 1 atom stereocenters. The van der Waals surface area contributed by atoms with Crippen molar-refractivity contribution in [1.82, 2.24) is 5.32 Å². The summed E-state index contributed by atoms with van der Waals surface area (Å²) in [4.78, 5) is 25.2. The average Bonchev–Trinajstić information content (AvgIpc) is 2.97. The highest BCUT2D eigenvalue weighted by Gasteiger charge is 2.23. The Hall–Kier alpha value is -1.56. The zero-order valence-electron chi connectivity index (χ0n) is 14.5. The second-order valence-corrected chi connectivity index (χ2v) is 7.90. The molecule has 1 aliphatic rings. The van der Waals surface area contributed by atoms with Crippen molar-refractivity contribution in [1.29, 1.82) is 5.26 Å². The van der Waals surface area contributed by atoms with Crippen molar-refractivity contribution in [3.05, 3.63) is 16.0 Å². The van der Waals surface area contributed by atoms with Crippen molar-refractivity contribution < 1.29 is 14.3 Å². The van der Waals surface area contributed by atoms with Gasteiger partial charge in [-0.1, -0.05) is 0 Å². The lowest BCUT2D eigenvalue weighted by atomic mass is 9.96. The van der Waals surface area contributed by atoms with Gasteiger partial charge in [-0.15, -0.1) is 11.3 Å². The van der Waals surface area contributed by atoms with Crippen LogP contribution in [0.25, 0.3) is 0 Å².